The summed E-state index contributed by atoms with van der Waals surface area (Å²) in [6.07, 6.45) is 3.54. The molecule has 4 unspecified atom stereocenters. The minimum Gasteiger partial charge on any atom is -0.507 e. The average molecular weight is 459 g/mol. The summed E-state index contributed by atoms with van der Waals surface area (Å²) in [6, 6.07) is 15.0. The minimum atomic E-state index is -0.404. The molecule has 3 aromatic rings. The molecule has 1 amide bonds. The van der Waals surface area contributed by atoms with Crippen LogP contribution in [0.15, 0.2) is 60.9 Å². The molecule has 0 radical (unpaired) electrons. The molecule has 2 aromatic carbocycles. The third-order valence-corrected chi connectivity index (χ3v) is 6.83. The van der Waals surface area contributed by atoms with Gasteiger partial charge in [0.2, 0.25) is 5.91 Å². The molecule has 176 valence electrons. The molecular weight excluding hydrogens is 428 g/mol. The van der Waals surface area contributed by atoms with Crippen molar-refractivity contribution in [3.8, 4) is 11.5 Å². The zero-order valence-corrected chi connectivity index (χ0v) is 19.7. The second kappa shape index (κ2) is 9.08. The van der Waals surface area contributed by atoms with Crippen LogP contribution in [0.3, 0.4) is 0 Å². The summed E-state index contributed by atoms with van der Waals surface area (Å²) >= 11 is 0. The quantitative estimate of drug-likeness (QED) is 0.522. The molecule has 2 aliphatic rings. The van der Waals surface area contributed by atoms with Gasteiger partial charge in [0.1, 0.15) is 17.5 Å². The number of phenols is 1. The second-order valence-corrected chi connectivity index (χ2v) is 9.12. The van der Waals surface area contributed by atoms with Crippen molar-refractivity contribution in [1.82, 2.24) is 20.7 Å². The zero-order valence-electron chi connectivity index (χ0n) is 19.7. The Morgan fingerprint density at radius 2 is 1.85 bits per heavy atom. The molecule has 0 spiro atoms. The van der Waals surface area contributed by atoms with E-state index >= 15 is 0 Å². The first kappa shape index (κ1) is 22.4. The summed E-state index contributed by atoms with van der Waals surface area (Å²) in [7, 11) is 0. The molecule has 2 saturated heterocycles. The standard InChI is InChI=1S/C27H30N4O3/c1-4-34-20-9-7-19(8-10-20)25-22-23(21-13-16(2)12-17(3)26(21)32)29-30-24(22)27(33)31(25)15-18-6-5-11-28-14-18/h5-14,22-25,29-30,32H,4,15H2,1-3H3. The van der Waals surface area contributed by atoms with Crippen molar-refractivity contribution in [2.45, 2.75) is 45.4 Å². The van der Waals surface area contributed by atoms with Gasteiger partial charge in [0, 0.05) is 30.4 Å². The predicted octanol–water partition coefficient (Wildman–Crippen LogP) is 3.72. The minimum absolute atomic E-state index is 0.0339. The normalized spacial score (nSPS) is 23.9. The van der Waals surface area contributed by atoms with E-state index in [0.717, 1.165) is 33.6 Å². The fourth-order valence-corrected chi connectivity index (χ4v) is 5.39. The summed E-state index contributed by atoms with van der Waals surface area (Å²) < 4.78 is 5.64. The summed E-state index contributed by atoms with van der Waals surface area (Å²) in [4.78, 5) is 19.8. The van der Waals surface area contributed by atoms with E-state index in [1.54, 1.807) is 12.4 Å². The first-order valence-electron chi connectivity index (χ1n) is 11.7. The van der Waals surface area contributed by atoms with Gasteiger partial charge in [0.15, 0.2) is 0 Å². The lowest BCUT2D eigenvalue weighted by Crippen LogP contribution is -2.41. The number of benzene rings is 2. The van der Waals surface area contributed by atoms with Gasteiger partial charge in [-0.15, -0.1) is 0 Å². The van der Waals surface area contributed by atoms with Crippen LogP contribution < -0.4 is 15.6 Å². The van der Waals surface area contributed by atoms with E-state index in [4.69, 9.17) is 4.74 Å². The number of fused-ring (bicyclic) bond motifs is 1. The molecule has 2 fully saturated rings. The van der Waals surface area contributed by atoms with Gasteiger partial charge in [0.05, 0.1) is 18.7 Å². The zero-order chi connectivity index (χ0) is 23.8. The first-order valence-corrected chi connectivity index (χ1v) is 11.7. The second-order valence-electron chi connectivity index (χ2n) is 9.12. The highest BCUT2D eigenvalue weighted by Crippen LogP contribution is 2.49. The van der Waals surface area contributed by atoms with Crippen molar-refractivity contribution < 1.29 is 14.6 Å². The van der Waals surface area contributed by atoms with Gasteiger partial charge < -0.3 is 14.7 Å². The number of aromatic nitrogens is 1. The number of carbonyl (C=O) groups excluding carboxylic acids is 1. The van der Waals surface area contributed by atoms with E-state index < -0.39 is 6.04 Å². The Morgan fingerprint density at radius 1 is 1.09 bits per heavy atom. The van der Waals surface area contributed by atoms with Gasteiger partial charge in [-0.3, -0.25) is 9.78 Å². The highest BCUT2D eigenvalue weighted by atomic mass is 16.5. The molecule has 0 aliphatic carbocycles. The number of carbonyl (C=O) groups is 1. The van der Waals surface area contributed by atoms with Crippen LogP contribution in [0, 0.1) is 19.8 Å². The van der Waals surface area contributed by atoms with Crippen LogP contribution in [0.4, 0.5) is 0 Å². The number of phenolic OH excluding ortho intramolecular Hbond substituents is 1. The molecule has 0 saturated carbocycles. The number of rotatable bonds is 6. The van der Waals surface area contributed by atoms with Gasteiger partial charge >= 0.3 is 0 Å². The Morgan fingerprint density at radius 3 is 2.56 bits per heavy atom. The Kier molecular flexibility index (Phi) is 5.98. The number of aryl methyl sites for hydroxylation is 2. The molecule has 2 aliphatic heterocycles. The number of aromatic hydroxyl groups is 1. The number of pyridine rings is 1. The first-order chi connectivity index (χ1) is 16.5. The largest absolute Gasteiger partial charge is 0.507 e. The van der Waals surface area contributed by atoms with Crippen LogP contribution >= 0.6 is 0 Å². The van der Waals surface area contributed by atoms with Gasteiger partial charge in [-0.25, -0.2) is 10.9 Å². The van der Waals surface area contributed by atoms with Crippen molar-refractivity contribution in [3.05, 3.63) is 88.7 Å². The van der Waals surface area contributed by atoms with Gasteiger partial charge in [-0.2, -0.15) is 0 Å². The monoisotopic (exact) mass is 458 g/mol. The van der Waals surface area contributed by atoms with Gasteiger partial charge in [-0.05, 0) is 55.7 Å². The SMILES string of the molecule is CCOc1ccc(C2C3C(NNC3c3cc(C)cc(C)c3O)C(=O)N2Cc2cccnc2)cc1. The van der Waals surface area contributed by atoms with E-state index in [9.17, 15) is 9.90 Å². The number of hydrazine groups is 1. The van der Waals surface area contributed by atoms with Crippen molar-refractivity contribution in [1.29, 1.82) is 0 Å². The average Bonchev–Trinajstić information content (AvgIpc) is 3.37. The fraction of sp³-hybridized carbons (Fsp3) is 0.333. The number of nitrogens with one attached hydrogen (secondary N) is 2. The van der Waals surface area contributed by atoms with Crippen molar-refractivity contribution in [2.24, 2.45) is 5.92 Å². The van der Waals surface area contributed by atoms with Gasteiger partial charge in [-0.1, -0.05) is 35.9 Å². The topological polar surface area (TPSA) is 86.7 Å². The van der Waals surface area contributed by atoms with Crippen LogP contribution in [-0.2, 0) is 11.3 Å². The number of hydrogen-bond donors (Lipinski definition) is 3. The molecule has 3 N–H and O–H groups in total. The number of ether oxygens (including phenoxy) is 1. The lowest BCUT2D eigenvalue weighted by atomic mass is 9.82. The summed E-state index contributed by atoms with van der Waals surface area (Å²) in [5, 5.41) is 10.9. The maximum absolute atomic E-state index is 13.7. The van der Waals surface area contributed by atoms with Crippen LogP contribution in [0.1, 0.15) is 46.8 Å². The molecule has 7 heteroatoms. The van der Waals surface area contributed by atoms with E-state index in [-0.39, 0.29) is 29.7 Å². The van der Waals surface area contributed by atoms with Crippen molar-refractivity contribution >= 4 is 5.91 Å². The highest BCUT2D eigenvalue weighted by Gasteiger charge is 2.55. The molecule has 34 heavy (non-hydrogen) atoms. The van der Waals surface area contributed by atoms with Crippen LogP contribution in [0.5, 0.6) is 11.5 Å². The Hall–Kier alpha value is -3.42. The van der Waals surface area contributed by atoms with Crippen LogP contribution in [-0.4, -0.2) is 33.5 Å². The van der Waals surface area contributed by atoms with E-state index in [1.807, 2.05) is 74.2 Å². The molecule has 7 nitrogen and oxygen atoms in total. The smallest absolute Gasteiger partial charge is 0.242 e. The Balaban J connectivity index is 1.58. The number of amides is 1. The molecule has 1 aromatic heterocycles. The summed E-state index contributed by atoms with van der Waals surface area (Å²) in [6.45, 7) is 6.95. The summed E-state index contributed by atoms with van der Waals surface area (Å²) in [5.41, 5.74) is 11.3. The maximum atomic E-state index is 13.7. The molecule has 4 atom stereocenters. The molecule has 0 bridgehead atoms. The maximum Gasteiger partial charge on any atom is 0.242 e. The molecular formula is C27H30N4O3. The number of likely N-dealkylation sites (tertiary alicyclic amines) is 1. The molecule has 5 rings (SSSR count). The Labute approximate surface area is 199 Å². The fourth-order valence-electron chi connectivity index (χ4n) is 5.39. The molecule has 3 heterocycles. The number of hydrogen-bond acceptors (Lipinski definition) is 6. The summed E-state index contributed by atoms with van der Waals surface area (Å²) in [5.74, 6) is 0.993. The predicted molar refractivity (Wildman–Crippen MR) is 129 cm³/mol. The van der Waals surface area contributed by atoms with Crippen LogP contribution in [0.2, 0.25) is 0 Å². The van der Waals surface area contributed by atoms with Crippen molar-refractivity contribution in [2.75, 3.05) is 6.61 Å². The Bertz CT molecular complexity index is 1180. The lowest BCUT2D eigenvalue weighted by Gasteiger charge is -2.32. The highest BCUT2D eigenvalue weighted by molar-refractivity contribution is 5.86. The van der Waals surface area contributed by atoms with Gasteiger partial charge in [0.25, 0.3) is 0 Å². The number of nitrogens with zero attached hydrogens (tertiary/aromatic N) is 2. The van der Waals surface area contributed by atoms with Crippen LogP contribution in [0.25, 0.3) is 0 Å². The van der Waals surface area contributed by atoms with E-state index in [0.29, 0.717) is 13.2 Å². The third-order valence-electron chi connectivity index (χ3n) is 6.83. The third kappa shape index (κ3) is 3.91. The van der Waals surface area contributed by atoms with E-state index in [1.165, 1.54) is 0 Å². The van der Waals surface area contributed by atoms with E-state index in [2.05, 4.69) is 15.8 Å². The lowest BCUT2D eigenvalue weighted by molar-refractivity contribution is -0.131. The van der Waals surface area contributed by atoms with Crippen molar-refractivity contribution in [3.63, 3.8) is 0 Å².